The molecular weight excluding hydrogens is 258 g/mol. The maximum Gasteiger partial charge on any atom is 0.326 e. The van der Waals surface area contributed by atoms with Crippen LogP contribution in [0, 0.1) is 5.92 Å². The summed E-state index contributed by atoms with van der Waals surface area (Å²) in [4.78, 5) is 30.5. The summed E-state index contributed by atoms with van der Waals surface area (Å²) in [5, 5.41) is 12.5. The van der Waals surface area contributed by atoms with Crippen molar-refractivity contribution in [2.24, 2.45) is 5.92 Å². The fourth-order valence-corrected chi connectivity index (χ4v) is 2.05. The Balaban J connectivity index is 2.25. The van der Waals surface area contributed by atoms with E-state index in [0.717, 1.165) is 0 Å². The van der Waals surface area contributed by atoms with Gasteiger partial charge in [-0.25, -0.2) is 9.78 Å². The van der Waals surface area contributed by atoms with Crippen LogP contribution in [0.3, 0.4) is 0 Å². The first kappa shape index (κ1) is 14.0. The molecule has 2 aromatic rings. The molecule has 0 aliphatic carbocycles. The standard InChI is InChI=1S/C14H17N3O3/c1-3-8(2)11(14(19)20)17-13(18)10-7-16-12-9(10)5-4-6-15-12/h4-8,11H,3H2,1-2H3,(H,15,16)(H,17,18)(H,19,20)/t8-,11-/m0/s1. The van der Waals surface area contributed by atoms with Crippen LogP contribution < -0.4 is 5.32 Å². The van der Waals surface area contributed by atoms with Crippen molar-refractivity contribution in [1.82, 2.24) is 15.3 Å². The van der Waals surface area contributed by atoms with E-state index in [1.54, 1.807) is 31.5 Å². The number of rotatable bonds is 5. The van der Waals surface area contributed by atoms with Gasteiger partial charge in [0.25, 0.3) is 5.91 Å². The van der Waals surface area contributed by atoms with Crippen LogP contribution in [-0.2, 0) is 4.79 Å². The third-order valence-electron chi connectivity index (χ3n) is 3.46. The SMILES string of the molecule is CC[C@H](C)[C@H](NC(=O)c1c[nH]c2ncccc12)C(=O)O. The molecule has 0 aliphatic rings. The van der Waals surface area contributed by atoms with Crippen molar-refractivity contribution in [3.8, 4) is 0 Å². The molecule has 2 heterocycles. The maximum atomic E-state index is 12.2. The second-order valence-corrected chi connectivity index (χ2v) is 4.78. The maximum absolute atomic E-state index is 12.2. The Morgan fingerprint density at radius 3 is 2.90 bits per heavy atom. The Morgan fingerprint density at radius 1 is 1.50 bits per heavy atom. The largest absolute Gasteiger partial charge is 0.480 e. The molecule has 2 aromatic heterocycles. The van der Waals surface area contributed by atoms with Crippen molar-refractivity contribution in [3.05, 3.63) is 30.1 Å². The molecule has 0 spiro atoms. The van der Waals surface area contributed by atoms with E-state index in [4.69, 9.17) is 0 Å². The quantitative estimate of drug-likeness (QED) is 0.775. The Morgan fingerprint density at radius 2 is 2.25 bits per heavy atom. The normalized spacial score (nSPS) is 13.9. The molecule has 2 atom stereocenters. The molecule has 0 aromatic carbocycles. The first-order chi connectivity index (χ1) is 9.54. The molecule has 0 aliphatic heterocycles. The summed E-state index contributed by atoms with van der Waals surface area (Å²) in [6.07, 6.45) is 3.84. The van der Waals surface area contributed by atoms with Crippen LogP contribution in [-0.4, -0.2) is 33.0 Å². The highest BCUT2D eigenvalue weighted by molar-refractivity contribution is 6.06. The highest BCUT2D eigenvalue weighted by atomic mass is 16.4. The summed E-state index contributed by atoms with van der Waals surface area (Å²) in [7, 11) is 0. The van der Waals surface area contributed by atoms with Crippen LogP contribution >= 0.6 is 0 Å². The minimum Gasteiger partial charge on any atom is -0.480 e. The van der Waals surface area contributed by atoms with E-state index in [0.29, 0.717) is 23.0 Å². The van der Waals surface area contributed by atoms with Gasteiger partial charge in [0.05, 0.1) is 5.56 Å². The van der Waals surface area contributed by atoms with E-state index >= 15 is 0 Å². The number of carbonyl (C=O) groups is 2. The molecule has 6 nitrogen and oxygen atoms in total. The van der Waals surface area contributed by atoms with Crippen LogP contribution in [0.25, 0.3) is 11.0 Å². The molecule has 0 fully saturated rings. The van der Waals surface area contributed by atoms with Gasteiger partial charge in [0.15, 0.2) is 0 Å². The lowest BCUT2D eigenvalue weighted by molar-refractivity contribution is -0.140. The number of hydrogen-bond donors (Lipinski definition) is 3. The van der Waals surface area contributed by atoms with Crippen molar-refractivity contribution in [2.75, 3.05) is 0 Å². The number of carbonyl (C=O) groups excluding carboxylic acids is 1. The van der Waals surface area contributed by atoms with Gasteiger partial charge in [0.2, 0.25) is 0 Å². The van der Waals surface area contributed by atoms with Gasteiger partial charge in [-0.3, -0.25) is 4.79 Å². The van der Waals surface area contributed by atoms with E-state index in [1.165, 1.54) is 0 Å². The Bertz CT molecular complexity index is 635. The van der Waals surface area contributed by atoms with Gasteiger partial charge < -0.3 is 15.4 Å². The van der Waals surface area contributed by atoms with Gasteiger partial charge in [-0.2, -0.15) is 0 Å². The van der Waals surface area contributed by atoms with Gasteiger partial charge >= 0.3 is 5.97 Å². The lowest BCUT2D eigenvalue weighted by Crippen LogP contribution is -2.44. The van der Waals surface area contributed by atoms with Crippen molar-refractivity contribution < 1.29 is 14.7 Å². The van der Waals surface area contributed by atoms with Crippen molar-refractivity contribution >= 4 is 22.9 Å². The lowest BCUT2D eigenvalue weighted by Gasteiger charge is -2.19. The van der Waals surface area contributed by atoms with Crippen LogP contribution in [0.15, 0.2) is 24.5 Å². The molecule has 3 N–H and O–H groups in total. The number of aliphatic carboxylic acids is 1. The first-order valence-corrected chi connectivity index (χ1v) is 6.50. The van der Waals surface area contributed by atoms with Crippen LogP contribution in [0.4, 0.5) is 0 Å². The summed E-state index contributed by atoms with van der Waals surface area (Å²) in [6.45, 7) is 3.69. The Hall–Kier alpha value is -2.37. The Kier molecular flexibility index (Phi) is 4.02. The topological polar surface area (TPSA) is 95.1 Å². The highest BCUT2D eigenvalue weighted by Crippen LogP contribution is 2.16. The molecule has 0 unspecified atom stereocenters. The Labute approximate surface area is 116 Å². The third kappa shape index (κ3) is 2.64. The molecule has 106 valence electrons. The summed E-state index contributed by atoms with van der Waals surface area (Å²) >= 11 is 0. The number of carboxylic acids is 1. The highest BCUT2D eigenvalue weighted by Gasteiger charge is 2.26. The fraction of sp³-hybridized carbons (Fsp3) is 0.357. The zero-order valence-electron chi connectivity index (χ0n) is 11.4. The molecule has 0 bridgehead atoms. The minimum atomic E-state index is -1.02. The van der Waals surface area contributed by atoms with Crippen LogP contribution in [0.2, 0.25) is 0 Å². The van der Waals surface area contributed by atoms with Crippen molar-refractivity contribution in [2.45, 2.75) is 26.3 Å². The summed E-state index contributed by atoms with van der Waals surface area (Å²) in [5.41, 5.74) is 1.01. The van der Waals surface area contributed by atoms with E-state index in [9.17, 15) is 14.7 Å². The number of aromatic nitrogens is 2. The number of H-pyrrole nitrogens is 1. The van der Waals surface area contributed by atoms with E-state index in [2.05, 4.69) is 15.3 Å². The monoisotopic (exact) mass is 275 g/mol. The zero-order valence-corrected chi connectivity index (χ0v) is 11.4. The first-order valence-electron chi connectivity index (χ1n) is 6.50. The van der Waals surface area contributed by atoms with Gasteiger partial charge in [-0.05, 0) is 18.1 Å². The number of pyridine rings is 1. The predicted molar refractivity (Wildman–Crippen MR) is 74.4 cm³/mol. The molecule has 1 amide bonds. The molecule has 0 radical (unpaired) electrons. The number of hydrogen-bond acceptors (Lipinski definition) is 3. The molecular formula is C14H17N3O3. The zero-order chi connectivity index (χ0) is 14.7. The molecule has 0 saturated carbocycles. The summed E-state index contributed by atoms with van der Waals surface area (Å²) in [6, 6.07) is 2.61. The number of nitrogens with one attached hydrogen (secondary N) is 2. The second kappa shape index (κ2) is 5.73. The number of fused-ring (bicyclic) bond motifs is 1. The smallest absolute Gasteiger partial charge is 0.326 e. The predicted octanol–water partition coefficient (Wildman–Crippen LogP) is 1.79. The molecule has 0 saturated heterocycles. The second-order valence-electron chi connectivity index (χ2n) is 4.78. The van der Waals surface area contributed by atoms with Crippen molar-refractivity contribution in [1.29, 1.82) is 0 Å². The van der Waals surface area contributed by atoms with E-state index < -0.39 is 17.9 Å². The van der Waals surface area contributed by atoms with E-state index in [-0.39, 0.29) is 5.92 Å². The molecule has 6 heteroatoms. The van der Waals surface area contributed by atoms with E-state index in [1.807, 2.05) is 6.92 Å². The minimum absolute atomic E-state index is 0.139. The van der Waals surface area contributed by atoms with Gasteiger partial charge in [0.1, 0.15) is 11.7 Å². The molecule has 2 rings (SSSR count). The van der Waals surface area contributed by atoms with Gasteiger partial charge in [-0.1, -0.05) is 20.3 Å². The van der Waals surface area contributed by atoms with Gasteiger partial charge in [-0.15, -0.1) is 0 Å². The average Bonchev–Trinajstić information content (AvgIpc) is 2.87. The van der Waals surface area contributed by atoms with Crippen LogP contribution in [0.1, 0.15) is 30.6 Å². The third-order valence-corrected chi connectivity index (χ3v) is 3.46. The number of amides is 1. The number of nitrogens with zero attached hydrogens (tertiary/aromatic N) is 1. The van der Waals surface area contributed by atoms with Gasteiger partial charge in [0, 0.05) is 17.8 Å². The summed E-state index contributed by atoms with van der Waals surface area (Å²) < 4.78 is 0. The van der Waals surface area contributed by atoms with Crippen molar-refractivity contribution in [3.63, 3.8) is 0 Å². The average molecular weight is 275 g/mol. The summed E-state index contributed by atoms with van der Waals surface area (Å²) in [5.74, 6) is -1.57. The lowest BCUT2D eigenvalue weighted by atomic mass is 9.99. The number of carboxylic acid groups (broad SMARTS) is 1. The molecule has 20 heavy (non-hydrogen) atoms. The van der Waals surface area contributed by atoms with Crippen LogP contribution in [0.5, 0.6) is 0 Å². The fourth-order valence-electron chi connectivity index (χ4n) is 2.05. The number of aromatic amines is 1.